The monoisotopic (exact) mass is 528 g/mol. The van der Waals surface area contributed by atoms with Crippen LogP contribution >= 0.6 is 0 Å². The second-order valence-corrected chi connectivity index (χ2v) is 12.1. The summed E-state index contributed by atoms with van der Waals surface area (Å²) in [5, 5.41) is 3.25. The van der Waals surface area contributed by atoms with Crippen LogP contribution in [0.15, 0.2) is 47.4 Å². The van der Waals surface area contributed by atoms with Gasteiger partial charge in [-0.15, -0.1) is 0 Å². The largest absolute Gasteiger partial charge is 0.496 e. The Morgan fingerprint density at radius 2 is 1.86 bits per heavy atom. The van der Waals surface area contributed by atoms with E-state index in [1.165, 1.54) is 10.7 Å². The lowest BCUT2D eigenvalue weighted by Crippen LogP contribution is -2.46. The summed E-state index contributed by atoms with van der Waals surface area (Å²) in [4.78, 5) is 13.4. The predicted molar refractivity (Wildman–Crippen MR) is 139 cm³/mol. The van der Waals surface area contributed by atoms with Crippen molar-refractivity contribution in [3.8, 4) is 11.5 Å². The maximum Gasteiger partial charge on any atom is 0.243 e. The van der Waals surface area contributed by atoms with Crippen LogP contribution in [0.3, 0.4) is 0 Å². The van der Waals surface area contributed by atoms with Crippen molar-refractivity contribution in [1.82, 2.24) is 9.62 Å². The van der Waals surface area contributed by atoms with Gasteiger partial charge in [-0.25, -0.2) is 8.42 Å². The number of carbonyl (C=O) groups is 1. The SMILES string of the molecule is COc1ccc(S(=O)(=O)N2CCOCC2)cc1CCC(=O)N[C@@H]1CC2(CCCCC2)Oc2ccccc21. The Hall–Kier alpha value is -2.62. The molecule has 0 aromatic heterocycles. The average Bonchev–Trinajstić information content (AvgIpc) is 2.92. The summed E-state index contributed by atoms with van der Waals surface area (Å²) in [6.45, 7) is 1.44. The van der Waals surface area contributed by atoms with Gasteiger partial charge in [-0.3, -0.25) is 4.79 Å². The molecule has 8 nitrogen and oxygen atoms in total. The zero-order chi connectivity index (χ0) is 25.9. The van der Waals surface area contributed by atoms with Gasteiger partial charge in [0.2, 0.25) is 15.9 Å². The summed E-state index contributed by atoms with van der Waals surface area (Å²) in [7, 11) is -2.08. The molecule has 5 rings (SSSR count). The van der Waals surface area contributed by atoms with E-state index in [-0.39, 0.29) is 28.9 Å². The molecule has 9 heteroatoms. The Morgan fingerprint density at radius 3 is 2.62 bits per heavy atom. The molecular weight excluding hydrogens is 492 g/mol. The zero-order valence-electron chi connectivity index (χ0n) is 21.4. The van der Waals surface area contributed by atoms with Crippen LogP contribution < -0.4 is 14.8 Å². The molecule has 1 amide bonds. The van der Waals surface area contributed by atoms with E-state index in [1.54, 1.807) is 25.3 Å². The fourth-order valence-corrected chi connectivity index (χ4v) is 7.27. The molecular formula is C28H36N2O6S. The minimum atomic E-state index is -3.64. The number of benzene rings is 2. The first-order chi connectivity index (χ1) is 17.9. The highest BCUT2D eigenvalue weighted by Crippen LogP contribution is 2.46. The van der Waals surface area contributed by atoms with Crippen LogP contribution in [-0.2, 0) is 26.0 Å². The predicted octanol–water partition coefficient (Wildman–Crippen LogP) is 3.99. The highest BCUT2D eigenvalue weighted by molar-refractivity contribution is 7.89. The second kappa shape index (κ2) is 11.0. The number of amides is 1. The standard InChI is InChI=1S/C28H36N2O6S/c1-34-25-11-10-22(37(32,33)30-15-17-35-18-16-30)19-21(25)9-12-27(31)29-24-20-28(13-5-2-6-14-28)36-26-8-4-3-7-23(24)26/h3-4,7-8,10-11,19,24H,2,5-6,9,12-18,20H2,1H3,(H,29,31)/t24-/m1/s1. The lowest BCUT2D eigenvalue weighted by Gasteiger charge is -2.44. The molecule has 3 aliphatic rings. The average molecular weight is 529 g/mol. The molecule has 2 heterocycles. The van der Waals surface area contributed by atoms with Crippen molar-refractivity contribution in [3.63, 3.8) is 0 Å². The van der Waals surface area contributed by atoms with Crippen molar-refractivity contribution in [3.05, 3.63) is 53.6 Å². The van der Waals surface area contributed by atoms with Gasteiger partial charge in [0.1, 0.15) is 17.1 Å². The molecule has 1 atom stereocenters. The number of carbonyl (C=O) groups excluding carboxylic acids is 1. The summed E-state index contributed by atoms with van der Waals surface area (Å²) in [6, 6.07) is 12.7. The highest BCUT2D eigenvalue weighted by Gasteiger charge is 2.42. The van der Waals surface area contributed by atoms with Crippen LogP contribution in [0, 0.1) is 0 Å². The van der Waals surface area contributed by atoms with Gasteiger partial charge in [-0.05, 0) is 61.9 Å². The van der Waals surface area contributed by atoms with Crippen LogP contribution in [0.2, 0.25) is 0 Å². The number of hydrogen-bond acceptors (Lipinski definition) is 6. The highest BCUT2D eigenvalue weighted by atomic mass is 32.2. The fraction of sp³-hybridized carbons (Fsp3) is 0.536. The van der Waals surface area contributed by atoms with E-state index in [4.69, 9.17) is 14.2 Å². The molecule has 0 bridgehead atoms. The molecule has 2 aliphatic heterocycles. The summed E-state index contributed by atoms with van der Waals surface area (Å²) >= 11 is 0. The van der Waals surface area contributed by atoms with Gasteiger partial charge in [-0.2, -0.15) is 4.31 Å². The fourth-order valence-electron chi connectivity index (χ4n) is 5.81. The first kappa shape index (κ1) is 26.0. The van der Waals surface area contributed by atoms with Crippen molar-refractivity contribution in [2.45, 2.75) is 67.9 Å². The molecule has 0 radical (unpaired) electrons. The second-order valence-electron chi connectivity index (χ2n) is 10.2. The Balaban J connectivity index is 1.29. The molecule has 0 unspecified atom stereocenters. The lowest BCUT2D eigenvalue weighted by molar-refractivity contribution is -0.122. The van der Waals surface area contributed by atoms with E-state index in [0.29, 0.717) is 44.0 Å². The molecule has 1 aliphatic carbocycles. The number of rotatable bonds is 7. The molecule has 1 spiro atoms. The van der Waals surface area contributed by atoms with Crippen molar-refractivity contribution >= 4 is 15.9 Å². The van der Waals surface area contributed by atoms with Crippen molar-refractivity contribution in [2.75, 3.05) is 33.4 Å². The Labute approximate surface area is 219 Å². The van der Waals surface area contributed by atoms with E-state index in [0.717, 1.165) is 43.4 Å². The van der Waals surface area contributed by atoms with E-state index >= 15 is 0 Å². The maximum atomic E-state index is 13.2. The number of fused-ring (bicyclic) bond motifs is 1. The number of nitrogens with zero attached hydrogens (tertiary/aromatic N) is 1. The number of sulfonamides is 1. The summed E-state index contributed by atoms with van der Waals surface area (Å²) in [5.41, 5.74) is 1.50. The minimum Gasteiger partial charge on any atom is -0.496 e. The molecule has 1 saturated heterocycles. The number of ether oxygens (including phenoxy) is 3. The quantitative estimate of drug-likeness (QED) is 0.584. The molecule has 37 heavy (non-hydrogen) atoms. The van der Waals surface area contributed by atoms with Gasteiger partial charge < -0.3 is 19.5 Å². The summed E-state index contributed by atoms with van der Waals surface area (Å²) in [6.07, 6.45) is 6.91. The number of nitrogens with one attached hydrogen (secondary N) is 1. The summed E-state index contributed by atoms with van der Waals surface area (Å²) < 4.78 is 45.0. The first-order valence-corrected chi connectivity index (χ1v) is 14.7. The number of hydrogen-bond donors (Lipinski definition) is 1. The Kier molecular flexibility index (Phi) is 7.74. The molecule has 2 aromatic carbocycles. The van der Waals surface area contributed by atoms with Gasteiger partial charge in [0, 0.05) is 31.5 Å². The smallest absolute Gasteiger partial charge is 0.243 e. The Bertz CT molecular complexity index is 1220. The minimum absolute atomic E-state index is 0.0730. The lowest BCUT2D eigenvalue weighted by atomic mass is 9.77. The van der Waals surface area contributed by atoms with E-state index in [2.05, 4.69) is 5.32 Å². The van der Waals surface area contributed by atoms with Crippen LogP contribution in [0.25, 0.3) is 0 Å². The number of morpholine rings is 1. The van der Waals surface area contributed by atoms with Crippen LogP contribution in [0.5, 0.6) is 11.5 Å². The van der Waals surface area contributed by atoms with Crippen LogP contribution in [0.4, 0.5) is 0 Å². The summed E-state index contributed by atoms with van der Waals surface area (Å²) in [5.74, 6) is 1.37. The van der Waals surface area contributed by atoms with E-state index < -0.39 is 10.0 Å². The molecule has 2 aromatic rings. The number of methoxy groups -OCH3 is 1. The third kappa shape index (κ3) is 5.63. The van der Waals surface area contributed by atoms with Gasteiger partial charge >= 0.3 is 0 Å². The molecule has 1 saturated carbocycles. The first-order valence-electron chi connectivity index (χ1n) is 13.2. The van der Waals surface area contributed by atoms with Crippen molar-refractivity contribution < 1.29 is 27.4 Å². The molecule has 200 valence electrons. The molecule has 2 fully saturated rings. The van der Waals surface area contributed by atoms with Gasteiger partial charge in [0.15, 0.2) is 0 Å². The van der Waals surface area contributed by atoms with Gasteiger partial charge in [-0.1, -0.05) is 24.6 Å². The third-order valence-electron chi connectivity index (χ3n) is 7.78. The van der Waals surface area contributed by atoms with Crippen LogP contribution in [0.1, 0.15) is 62.1 Å². The van der Waals surface area contributed by atoms with Crippen molar-refractivity contribution in [1.29, 1.82) is 0 Å². The third-order valence-corrected chi connectivity index (χ3v) is 9.67. The van der Waals surface area contributed by atoms with Crippen molar-refractivity contribution in [2.24, 2.45) is 0 Å². The van der Waals surface area contributed by atoms with Crippen LogP contribution in [-0.4, -0.2) is 57.6 Å². The van der Waals surface area contributed by atoms with Gasteiger partial charge in [0.05, 0.1) is 31.3 Å². The number of aryl methyl sites for hydroxylation is 1. The normalized spacial score (nSPS) is 21.6. The van der Waals surface area contributed by atoms with Gasteiger partial charge in [0.25, 0.3) is 0 Å². The number of para-hydroxylation sites is 1. The Morgan fingerprint density at radius 1 is 1.11 bits per heavy atom. The molecule has 1 N–H and O–H groups in total. The topological polar surface area (TPSA) is 94.2 Å². The zero-order valence-corrected chi connectivity index (χ0v) is 22.2. The van der Waals surface area contributed by atoms with E-state index in [1.807, 2.05) is 24.3 Å². The van der Waals surface area contributed by atoms with E-state index in [9.17, 15) is 13.2 Å². The maximum absolute atomic E-state index is 13.2.